The second-order valence-corrected chi connectivity index (χ2v) is 8.48. The summed E-state index contributed by atoms with van der Waals surface area (Å²) in [6, 6.07) is 9.49. The summed E-state index contributed by atoms with van der Waals surface area (Å²) in [6.07, 6.45) is 6.28. The molecule has 0 saturated carbocycles. The third-order valence-corrected chi connectivity index (χ3v) is 6.33. The summed E-state index contributed by atoms with van der Waals surface area (Å²) >= 11 is 13.9. The SMILES string of the molecule is C=CCn1c(=NC(=O)c2ccc3c(c2)CCCC3)sc2cc(Cl)cc(Cl)c21. The summed E-state index contributed by atoms with van der Waals surface area (Å²) in [7, 11) is 0. The molecule has 0 saturated heterocycles. The average Bonchev–Trinajstić information content (AvgIpc) is 2.98. The van der Waals surface area contributed by atoms with Crippen LogP contribution in [0.4, 0.5) is 0 Å². The Kier molecular flexibility index (Phi) is 5.22. The van der Waals surface area contributed by atoms with Crippen molar-refractivity contribution in [2.24, 2.45) is 4.99 Å². The number of hydrogen-bond donors (Lipinski definition) is 0. The highest BCUT2D eigenvalue weighted by molar-refractivity contribution is 7.16. The van der Waals surface area contributed by atoms with Crippen LogP contribution in [0.3, 0.4) is 0 Å². The predicted molar refractivity (Wildman–Crippen MR) is 113 cm³/mol. The molecule has 4 rings (SSSR count). The maximum atomic E-state index is 12.8. The number of amides is 1. The van der Waals surface area contributed by atoms with Crippen molar-refractivity contribution in [1.29, 1.82) is 0 Å². The van der Waals surface area contributed by atoms with Crippen LogP contribution >= 0.6 is 34.5 Å². The fourth-order valence-corrected chi connectivity index (χ4v) is 5.35. The fraction of sp³-hybridized carbons (Fsp3) is 0.238. The third-order valence-electron chi connectivity index (χ3n) is 4.80. The molecular weight excluding hydrogens is 399 g/mol. The molecular formula is C21H18Cl2N2OS. The van der Waals surface area contributed by atoms with Crippen molar-refractivity contribution < 1.29 is 4.79 Å². The number of fused-ring (bicyclic) bond motifs is 2. The Balaban J connectivity index is 1.82. The molecule has 0 unspecified atom stereocenters. The highest BCUT2D eigenvalue weighted by Gasteiger charge is 2.15. The summed E-state index contributed by atoms with van der Waals surface area (Å²) in [5.41, 5.74) is 4.07. The number of hydrogen-bond acceptors (Lipinski definition) is 2. The van der Waals surface area contributed by atoms with E-state index in [1.807, 2.05) is 22.8 Å². The van der Waals surface area contributed by atoms with Crippen LogP contribution in [0.15, 0.2) is 48.0 Å². The second kappa shape index (κ2) is 7.63. The van der Waals surface area contributed by atoms with Gasteiger partial charge < -0.3 is 4.57 Å². The molecule has 0 fully saturated rings. The van der Waals surface area contributed by atoms with Crippen molar-refractivity contribution in [2.45, 2.75) is 32.2 Å². The number of allylic oxidation sites excluding steroid dienone is 1. The first-order chi connectivity index (χ1) is 13.1. The largest absolute Gasteiger partial charge is 0.311 e. The van der Waals surface area contributed by atoms with Crippen LogP contribution in [0.1, 0.15) is 34.3 Å². The lowest BCUT2D eigenvalue weighted by atomic mass is 9.90. The van der Waals surface area contributed by atoms with Gasteiger partial charge in [-0.2, -0.15) is 4.99 Å². The fourth-order valence-electron chi connectivity index (χ4n) is 3.53. The standard InChI is InChI=1S/C21H18Cl2N2OS/c1-2-9-25-19-17(23)11-16(22)12-18(19)27-21(25)24-20(26)15-8-7-13-5-3-4-6-14(13)10-15/h2,7-8,10-12H,1,3-6,9H2. The molecule has 0 aliphatic heterocycles. The van der Waals surface area contributed by atoms with Crippen LogP contribution < -0.4 is 4.80 Å². The smallest absolute Gasteiger partial charge is 0.279 e. The Labute approximate surface area is 171 Å². The molecule has 0 radical (unpaired) electrons. The molecule has 1 aromatic heterocycles. The molecule has 0 spiro atoms. The summed E-state index contributed by atoms with van der Waals surface area (Å²) in [4.78, 5) is 17.8. The monoisotopic (exact) mass is 416 g/mol. The van der Waals surface area contributed by atoms with E-state index in [-0.39, 0.29) is 5.91 Å². The third kappa shape index (κ3) is 3.62. The van der Waals surface area contributed by atoms with Gasteiger partial charge in [0.2, 0.25) is 0 Å². The van der Waals surface area contributed by atoms with E-state index >= 15 is 0 Å². The van der Waals surface area contributed by atoms with Crippen molar-refractivity contribution in [2.75, 3.05) is 0 Å². The molecule has 0 bridgehead atoms. The summed E-state index contributed by atoms with van der Waals surface area (Å²) in [6.45, 7) is 4.32. The van der Waals surface area contributed by atoms with Crippen LogP contribution in [0, 0.1) is 0 Å². The number of thiazole rings is 1. The highest BCUT2D eigenvalue weighted by Crippen LogP contribution is 2.30. The number of aryl methyl sites for hydroxylation is 2. The van der Waals surface area contributed by atoms with Gasteiger partial charge in [-0.15, -0.1) is 6.58 Å². The van der Waals surface area contributed by atoms with Gasteiger partial charge in [0.15, 0.2) is 4.80 Å². The summed E-state index contributed by atoms with van der Waals surface area (Å²) < 4.78 is 2.80. The quantitative estimate of drug-likeness (QED) is 0.495. The van der Waals surface area contributed by atoms with Crippen LogP contribution in [0.25, 0.3) is 10.2 Å². The number of rotatable bonds is 3. The molecule has 6 heteroatoms. The molecule has 2 aromatic carbocycles. The van der Waals surface area contributed by atoms with Crippen molar-refractivity contribution in [3.05, 3.63) is 74.5 Å². The average molecular weight is 417 g/mol. The zero-order valence-electron chi connectivity index (χ0n) is 14.7. The number of aromatic nitrogens is 1. The van der Waals surface area contributed by atoms with Gasteiger partial charge in [0, 0.05) is 17.1 Å². The Morgan fingerprint density at radius 1 is 1.19 bits per heavy atom. The van der Waals surface area contributed by atoms with E-state index < -0.39 is 0 Å². The first-order valence-electron chi connectivity index (χ1n) is 8.87. The van der Waals surface area contributed by atoms with Gasteiger partial charge in [-0.25, -0.2) is 0 Å². The first kappa shape index (κ1) is 18.5. The Morgan fingerprint density at radius 2 is 1.96 bits per heavy atom. The van der Waals surface area contributed by atoms with E-state index in [2.05, 4.69) is 17.6 Å². The lowest BCUT2D eigenvalue weighted by molar-refractivity contribution is 0.0997. The van der Waals surface area contributed by atoms with Crippen LogP contribution in [-0.4, -0.2) is 10.5 Å². The van der Waals surface area contributed by atoms with E-state index in [1.165, 1.54) is 35.3 Å². The molecule has 0 N–H and O–H groups in total. The van der Waals surface area contributed by atoms with Crippen LogP contribution in [0.5, 0.6) is 0 Å². The number of carbonyl (C=O) groups excluding carboxylic acids is 1. The van der Waals surface area contributed by atoms with Gasteiger partial charge in [-0.3, -0.25) is 4.79 Å². The van der Waals surface area contributed by atoms with Crippen molar-refractivity contribution in [3.8, 4) is 0 Å². The molecule has 1 amide bonds. The van der Waals surface area contributed by atoms with E-state index in [0.29, 0.717) is 27.0 Å². The molecule has 1 heterocycles. The number of carbonyl (C=O) groups is 1. The maximum Gasteiger partial charge on any atom is 0.279 e. The lowest BCUT2D eigenvalue weighted by Crippen LogP contribution is -2.16. The Morgan fingerprint density at radius 3 is 2.74 bits per heavy atom. The molecule has 0 atom stereocenters. The van der Waals surface area contributed by atoms with Crippen molar-refractivity contribution in [3.63, 3.8) is 0 Å². The highest BCUT2D eigenvalue weighted by atomic mass is 35.5. The van der Waals surface area contributed by atoms with Gasteiger partial charge in [0.1, 0.15) is 0 Å². The van der Waals surface area contributed by atoms with Gasteiger partial charge in [0.25, 0.3) is 5.91 Å². The Bertz CT molecular complexity index is 1130. The molecule has 138 valence electrons. The summed E-state index contributed by atoms with van der Waals surface area (Å²) in [5.74, 6) is -0.241. The lowest BCUT2D eigenvalue weighted by Gasteiger charge is -2.15. The van der Waals surface area contributed by atoms with Crippen molar-refractivity contribution >= 4 is 50.7 Å². The van der Waals surface area contributed by atoms with E-state index in [4.69, 9.17) is 23.2 Å². The Hall–Kier alpha value is -1.88. The van der Waals surface area contributed by atoms with E-state index in [0.717, 1.165) is 23.1 Å². The van der Waals surface area contributed by atoms with Gasteiger partial charge in [0.05, 0.1) is 15.2 Å². The maximum absolute atomic E-state index is 12.8. The van der Waals surface area contributed by atoms with E-state index in [9.17, 15) is 4.79 Å². The van der Waals surface area contributed by atoms with Gasteiger partial charge in [-0.1, -0.05) is 46.7 Å². The first-order valence-corrected chi connectivity index (χ1v) is 10.4. The molecule has 3 aromatic rings. The number of halogens is 2. The van der Waals surface area contributed by atoms with Gasteiger partial charge >= 0.3 is 0 Å². The minimum absolute atomic E-state index is 0.241. The molecule has 3 nitrogen and oxygen atoms in total. The minimum atomic E-state index is -0.241. The minimum Gasteiger partial charge on any atom is -0.311 e. The van der Waals surface area contributed by atoms with Crippen LogP contribution in [-0.2, 0) is 19.4 Å². The molecule has 1 aliphatic carbocycles. The van der Waals surface area contributed by atoms with Crippen molar-refractivity contribution in [1.82, 2.24) is 4.57 Å². The van der Waals surface area contributed by atoms with E-state index in [1.54, 1.807) is 12.1 Å². The zero-order chi connectivity index (χ0) is 19.0. The van der Waals surface area contributed by atoms with Gasteiger partial charge in [-0.05, 0) is 61.1 Å². The number of nitrogens with zero attached hydrogens (tertiary/aromatic N) is 2. The topological polar surface area (TPSA) is 34.4 Å². The predicted octanol–water partition coefficient (Wildman–Crippen LogP) is 5.82. The molecule has 27 heavy (non-hydrogen) atoms. The normalized spacial score (nSPS) is 14.4. The molecule has 1 aliphatic rings. The zero-order valence-corrected chi connectivity index (χ0v) is 17.0. The number of benzene rings is 2. The second-order valence-electron chi connectivity index (χ2n) is 6.63. The van der Waals surface area contributed by atoms with Crippen LogP contribution in [0.2, 0.25) is 10.0 Å². The summed E-state index contributed by atoms with van der Waals surface area (Å²) in [5, 5.41) is 1.10.